The Labute approximate surface area is 74.8 Å². The van der Waals surface area contributed by atoms with Crippen molar-refractivity contribution in [3.8, 4) is 0 Å². The summed E-state index contributed by atoms with van der Waals surface area (Å²) in [5.41, 5.74) is 0.639. The molecular weight excluding hydrogens is 178 g/mol. The number of rotatable bonds is 1. The number of halogens is 1. The quantitative estimate of drug-likeness (QED) is 0.452. The Morgan fingerprint density at radius 1 is 1.58 bits per heavy atom. The molecule has 0 aromatic rings. The third-order valence-electron chi connectivity index (χ3n) is 1.54. The summed E-state index contributed by atoms with van der Waals surface area (Å²) in [5, 5.41) is 17.7. The lowest BCUT2D eigenvalue weighted by Crippen LogP contribution is -2.15. The van der Waals surface area contributed by atoms with Gasteiger partial charge in [-0.1, -0.05) is 17.7 Å². The monoisotopic (exact) mass is 184 g/mol. The highest BCUT2D eigenvalue weighted by atomic mass is 35.5. The van der Waals surface area contributed by atoms with E-state index in [4.69, 9.17) is 21.6 Å². The molecule has 0 aromatic heterocycles. The maximum atomic E-state index is 10.2. The molecule has 0 heterocycles. The van der Waals surface area contributed by atoms with Gasteiger partial charge in [0.2, 0.25) is 0 Å². The molecule has 0 amide bonds. The minimum Gasteiger partial charge on any atom is -0.423 e. The molecule has 0 fully saturated rings. The van der Waals surface area contributed by atoms with E-state index < -0.39 is 7.12 Å². The van der Waals surface area contributed by atoms with E-state index in [-0.39, 0.29) is 5.03 Å². The van der Waals surface area contributed by atoms with Gasteiger partial charge in [-0.2, -0.15) is 0 Å². The zero-order chi connectivity index (χ0) is 9.14. The molecule has 0 unspecified atom stereocenters. The molecule has 1 rings (SSSR count). The third kappa shape index (κ3) is 1.87. The van der Waals surface area contributed by atoms with Crippen molar-refractivity contribution in [2.45, 2.75) is 6.42 Å². The predicted octanol–water partition coefficient (Wildman–Crippen LogP) is 0.209. The summed E-state index contributed by atoms with van der Waals surface area (Å²) in [4.78, 5) is 10.2. The molecule has 2 N–H and O–H groups in total. The molecule has 0 saturated carbocycles. The Kier molecular flexibility index (Phi) is 2.90. The van der Waals surface area contributed by atoms with E-state index in [1.54, 1.807) is 5.94 Å². The summed E-state index contributed by atoms with van der Waals surface area (Å²) in [5.74, 6) is 1.67. The van der Waals surface area contributed by atoms with Crippen LogP contribution in [0.1, 0.15) is 6.42 Å². The highest BCUT2D eigenvalue weighted by molar-refractivity contribution is 6.52. The summed E-state index contributed by atoms with van der Waals surface area (Å²) >= 11 is 5.62. The highest BCUT2D eigenvalue weighted by Gasteiger charge is 2.18. The van der Waals surface area contributed by atoms with Crippen molar-refractivity contribution in [3.05, 3.63) is 28.2 Å². The largest absolute Gasteiger partial charge is 0.488 e. The highest BCUT2D eigenvalue weighted by Crippen LogP contribution is 2.24. The van der Waals surface area contributed by atoms with E-state index in [1.807, 2.05) is 0 Å². The van der Waals surface area contributed by atoms with Crippen LogP contribution in [0.15, 0.2) is 28.2 Å². The molecule has 0 aliphatic heterocycles. The van der Waals surface area contributed by atoms with Gasteiger partial charge in [0.1, 0.15) is 5.94 Å². The molecule has 0 atom stereocenters. The fourth-order valence-corrected chi connectivity index (χ4v) is 1.12. The molecule has 12 heavy (non-hydrogen) atoms. The van der Waals surface area contributed by atoms with E-state index in [1.165, 1.54) is 12.2 Å². The molecule has 1 aliphatic carbocycles. The normalized spacial score (nSPS) is 16.4. The fraction of sp³-hybridized carbons (Fsp3) is 0.143. The van der Waals surface area contributed by atoms with E-state index in [9.17, 15) is 4.79 Å². The van der Waals surface area contributed by atoms with Gasteiger partial charge in [-0.15, -0.1) is 0 Å². The first-order valence-corrected chi connectivity index (χ1v) is 3.70. The molecular formula is C7H6BClO3. The average Bonchev–Trinajstić information content (AvgIpc) is 2.04. The smallest absolute Gasteiger partial charge is 0.423 e. The molecule has 3 nitrogen and oxygen atoms in total. The van der Waals surface area contributed by atoms with E-state index >= 15 is 0 Å². The van der Waals surface area contributed by atoms with Crippen LogP contribution in [0.25, 0.3) is 0 Å². The Morgan fingerprint density at radius 2 is 2.25 bits per heavy atom. The second-order valence-corrected chi connectivity index (χ2v) is 2.76. The van der Waals surface area contributed by atoms with Gasteiger partial charge in [0, 0.05) is 6.42 Å². The van der Waals surface area contributed by atoms with Crippen LogP contribution < -0.4 is 0 Å². The standard InChI is InChI=1S/C7H6BClO3/c9-7-3-6(8(11)12)2-1-5(7)4-10/h2-3,11-12H,1H2. The Bertz CT molecular complexity index is 300. The van der Waals surface area contributed by atoms with Crippen LogP contribution in [0.5, 0.6) is 0 Å². The zero-order valence-corrected chi connectivity index (χ0v) is 6.88. The summed E-state index contributed by atoms with van der Waals surface area (Å²) in [6.45, 7) is 0. The molecule has 5 heteroatoms. The molecule has 62 valence electrons. The lowest BCUT2D eigenvalue weighted by molar-refractivity contribution is 0.420. The van der Waals surface area contributed by atoms with Crippen molar-refractivity contribution in [2.24, 2.45) is 0 Å². The topological polar surface area (TPSA) is 57.5 Å². The lowest BCUT2D eigenvalue weighted by atomic mass is 9.76. The fourth-order valence-electron chi connectivity index (χ4n) is 0.880. The maximum Gasteiger partial charge on any atom is 0.488 e. The predicted molar refractivity (Wildman–Crippen MR) is 46.0 cm³/mol. The van der Waals surface area contributed by atoms with Gasteiger partial charge < -0.3 is 10.0 Å². The van der Waals surface area contributed by atoms with E-state index in [2.05, 4.69) is 0 Å². The van der Waals surface area contributed by atoms with Crippen LogP contribution in [-0.2, 0) is 4.79 Å². The second kappa shape index (κ2) is 3.74. The van der Waals surface area contributed by atoms with Crippen LogP contribution >= 0.6 is 11.6 Å². The van der Waals surface area contributed by atoms with E-state index in [0.717, 1.165) is 0 Å². The van der Waals surface area contributed by atoms with Gasteiger partial charge in [0.05, 0.1) is 10.6 Å². The Balaban J connectivity index is 2.92. The second-order valence-electron chi connectivity index (χ2n) is 2.35. The van der Waals surface area contributed by atoms with Crippen molar-refractivity contribution in [1.82, 2.24) is 0 Å². The summed E-state index contributed by atoms with van der Waals surface area (Å²) in [6.07, 6.45) is 3.17. The van der Waals surface area contributed by atoms with Crippen LogP contribution in [0.4, 0.5) is 0 Å². The van der Waals surface area contributed by atoms with Gasteiger partial charge in [0.15, 0.2) is 0 Å². The van der Waals surface area contributed by atoms with Crippen molar-refractivity contribution >= 4 is 24.7 Å². The molecule has 0 saturated heterocycles. The first-order chi connectivity index (χ1) is 5.65. The van der Waals surface area contributed by atoms with Crippen molar-refractivity contribution in [1.29, 1.82) is 0 Å². The SMILES string of the molecule is O=C=C1CC=C(B(O)O)C=C1Cl. The molecule has 0 aromatic carbocycles. The van der Waals surface area contributed by atoms with Crippen LogP contribution in [-0.4, -0.2) is 23.1 Å². The lowest BCUT2D eigenvalue weighted by Gasteiger charge is -2.08. The van der Waals surface area contributed by atoms with Crippen molar-refractivity contribution in [3.63, 3.8) is 0 Å². The third-order valence-corrected chi connectivity index (χ3v) is 1.88. The van der Waals surface area contributed by atoms with Gasteiger partial charge in [-0.25, -0.2) is 4.79 Å². The maximum absolute atomic E-state index is 10.2. The first kappa shape index (κ1) is 9.29. The first-order valence-electron chi connectivity index (χ1n) is 3.33. The minimum atomic E-state index is -1.54. The Hall–Kier alpha value is -0.795. The molecule has 0 bridgehead atoms. The van der Waals surface area contributed by atoms with E-state index in [0.29, 0.717) is 17.5 Å². The van der Waals surface area contributed by atoms with Gasteiger partial charge in [-0.3, -0.25) is 0 Å². The summed E-state index contributed by atoms with van der Waals surface area (Å²) in [7, 11) is -1.54. The van der Waals surface area contributed by atoms with Gasteiger partial charge >= 0.3 is 7.12 Å². The molecule has 1 aliphatic rings. The zero-order valence-electron chi connectivity index (χ0n) is 6.12. The van der Waals surface area contributed by atoms with Crippen LogP contribution in [0.3, 0.4) is 0 Å². The van der Waals surface area contributed by atoms with Gasteiger partial charge in [0.25, 0.3) is 0 Å². The van der Waals surface area contributed by atoms with Crippen LogP contribution in [0.2, 0.25) is 0 Å². The Morgan fingerprint density at radius 3 is 2.67 bits per heavy atom. The summed E-state index contributed by atoms with van der Waals surface area (Å²) < 4.78 is 0. The van der Waals surface area contributed by atoms with Gasteiger partial charge in [-0.05, 0) is 11.5 Å². The number of hydrogen-bond donors (Lipinski definition) is 2. The van der Waals surface area contributed by atoms with Crippen molar-refractivity contribution in [2.75, 3.05) is 0 Å². The molecule has 0 radical (unpaired) electrons. The number of hydrogen-bond acceptors (Lipinski definition) is 3. The average molecular weight is 184 g/mol. The number of allylic oxidation sites excluding steroid dienone is 5. The molecule has 0 spiro atoms. The van der Waals surface area contributed by atoms with Crippen LogP contribution in [0, 0.1) is 0 Å². The minimum absolute atomic E-state index is 0.218. The number of carbonyl (C=O) groups excluding carboxylic acids is 1. The summed E-state index contributed by atoms with van der Waals surface area (Å²) in [6, 6.07) is 0. The van der Waals surface area contributed by atoms with Crippen molar-refractivity contribution < 1.29 is 14.8 Å².